The smallest absolute Gasteiger partial charge is 0.410 e. The van der Waals surface area contributed by atoms with Crippen LogP contribution < -0.4 is 0 Å². The molecule has 1 rings (SSSR count). The van der Waals surface area contributed by atoms with Crippen molar-refractivity contribution in [2.75, 3.05) is 26.3 Å². The molecule has 6 nitrogen and oxygen atoms in total. The van der Waals surface area contributed by atoms with E-state index in [2.05, 4.69) is 33.9 Å². The van der Waals surface area contributed by atoms with E-state index in [1.54, 1.807) is 4.90 Å². The van der Waals surface area contributed by atoms with Crippen LogP contribution >= 0.6 is 0 Å². The van der Waals surface area contributed by atoms with Crippen LogP contribution in [0.15, 0.2) is 0 Å². The highest BCUT2D eigenvalue weighted by Gasteiger charge is 2.46. The van der Waals surface area contributed by atoms with Crippen molar-refractivity contribution in [1.29, 1.82) is 0 Å². The zero-order valence-electron chi connectivity index (χ0n) is 19.4. The normalized spacial score (nSPS) is 21.4. The second-order valence-electron chi connectivity index (χ2n) is 10.4. The van der Waals surface area contributed by atoms with Crippen LogP contribution in [0.25, 0.3) is 0 Å². The van der Waals surface area contributed by atoms with Crippen LogP contribution in [-0.4, -0.2) is 57.2 Å². The maximum atomic E-state index is 12.9. The standard InChI is InChI=1S/C21H41NO5Si/c1-10-25-17(23)21(13-15-26-28(8,9)20(5,6)7)12-11-14-22(16-21)18(24)27-19(2,3)4/h10-16H2,1-9H3. The zero-order chi connectivity index (χ0) is 21.8. The fourth-order valence-electron chi connectivity index (χ4n) is 3.09. The van der Waals surface area contributed by atoms with Crippen molar-refractivity contribution in [2.24, 2.45) is 5.41 Å². The van der Waals surface area contributed by atoms with Gasteiger partial charge in [0.1, 0.15) is 5.60 Å². The van der Waals surface area contributed by atoms with Gasteiger partial charge in [-0.25, -0.2) is 4.79 Å². The molecule has 0 aliphatic carbocycles. The third-order valence-electron chi connectivity index (χ3n) is 5.79. The van der Waals surface area contributed by atoms with Gasteiger partial charge in [-0.2, -0.15) is 0 Å². The minimum Gasteiger partial charge on any atom is -0.466 e. The summed E-state index contributed by atoms with van der Waals surface area (Å²) >= 11 is 0. The molecule has 1 fully saturated rings. The molecule has 1 atom stereocenters. The Hall–Kier alpha value is -1.08. The fraction of sp³-hybridized carbons (Fsp3) is 0.905. The molecular formula is C21H41NO5Si. The molecule has 0 radical (unpaired) electrons. The van der Waals surface area contributed by atoms with Gasteiger partial charge in [0.15, 0.2) is 8.32 Å². The summed E-state index contributed by atoms with van der Waals surface area (Å²) < 4.78 is 17.2. The molecule has 1 aliphatic rings. The Kier molecular flexibility index (Phi) is 8.16. The number of amides is 1. The monoisotopic (exact) mass is 415 g/mol. The molecule has 1 saturated heterocycles. The average Bonchev–Trinajstić information content (AvgIpc) is 2.52. The lowest BCUT2D eigenvalue weighted by atomic mass is 9.77. The Morgan fingerprint density at radius 2 is 1.71 bits per heavy atom. The lowest BCUT2D eigenvalue weighted by molar-refractivity contribution is -0.160. The fourth-order valence-corrected chi connectivity index (χ4v) is 4.13. The van der Waals surface area contributed by atoms with Gasteiger partial charge in [-0.05, 0) is 65.1 Å². The lowest BCUT2D eigenvalue weighted by Gasteiger charge is -2.42. The zero-order valence-corrected chi connectivity index (χ0v) is 20.4. The van der Waals surface area contributed by atoms with Crippen LogP contribution in [0.4, 0.5) is 4.79 Å². The molecule has 1 heterocycles. The SMILES string of the molecule is CCOC(=O)C1(CCO[Si](C)(C)C(C)(C)C)CCCN(C(=O)OC(C)(C)C)C1. The number of rotatable bonds is 6. The Morgan fingerprint density at radius 3 is 2.21 bits per heavy atom. The number of carbonyl (C=O) groups excluding carboxylic acids is 2. The van der Waals surface area contributed by atoms with Crippen LogP contribution in [0.1, 0.15) is 67.7 Å². The molecule has 0 aromatic heterocycles. The molecule has 1 aliphatic heterocycles. The van der Waals surface area contributed by atoms with E-state index in [9.17, 15) is 9.59 Å². The third-order valence-corrected chi connectivity index (χ3v) is 10.3. The number of nitrogens with zero attached hydrogens (tertiary/aromatic N) is 1. The number of ether oxygens (including phenoxy) is 2. The minimum absolute atomic E-state index is 0.110. The van der Waals surface area contributed by atoms with Gasteiger partial charge >= 0.3 is 12.1 Å². The summed E-state index contributed by atoms with van der Waals surface area (Å²) in [7, 11) is -1.90. The van der Waals surface area contributed by atoms with E-state index in [1.165, 1.54) is 0 Å². The van der Waals surface area contributed by atoms with E-state index in [0.717, 1.165) is 6.42 Å². The van der Waals surface area contributed by atoms with E-state index >= 15 is 0 Å². The molecular weight excluding hydrogens is 374 g/mol. The molecule has 0 aromatic rings. The Bertz CT molecular complexity index is 550. The first-order valence-corrected chi connectivity index (χ1v) is 13.3. The van der Waals surface area contributed by atoms with Crippen LogP contribution in [0, 0.1) is 5.41 Å². The molecule has 0 N–H and O–H groups in total. The summed E-state index contributed by atoms with van der Waals surface area (Å²) in [6.45, 7) is 20.1. The molecule has 1 amide bonds. The van der Waals surface area contributed by atoms with Gasteiger partial charge in [0.05, 0.1) is 12.0 Å². The number of piperidine rings is 1. The molecule has 1 unspecified atom stereocenters. The van der Waals surface area contributed by atoms with Crippen molar-refractivity contribution in [3.8, 4) is 0 Å². The van der Waals surface area contributed by atoms with E-state index < -0.39 is 19.3 Å². The number of hydrogen-bond acceptors (Lipinski definition) is 5. The van der Waals surface area contributed by atoms with Gasteiger partial charge in [0.25, 0.3) is 0 Å². The maximum Gasteiger partial charge on any atom is 0.410 e. The molecule has 0 saturated carbocycles. The predicted octanol–water partition coefficient (Wildman–Crippen LogP) is 4.98. The highest BCUT2D eigenvalue weighted by Crippen LogP contribution is 2.39. The van der Waals surface area contributed by atoms with Crippen LogP contribution in [0.5, 0.6) is 0 Å². The highest BCUT2D eigenvalue weighted by molar-refractivity contribution is 6.74. The summed E-state index contributed by atoms with van der Waals surface area (Å²) in [5, 5.41) is 0.110. The van der Waals surface area contributed by atoms with Crippen LogP contribution in [-0.2, 0) is 18.7 Å². The van der Waals surface area contributed by atoms with Gasteiger partial charge in [-0.15, -0.1) is 0 Å². The highest BCUT2D eigenvalue weighted by atomic mass is 28.4. The van der Waals surface area contributed by atoms with Gasteiger partial charge in [-0.1, -0.05) is 20.8 Å². The Morgan fingerprint density at radius 1 is 1.11 bits per heavy atom. The average molecular weight is 416 g/mol. The maximum absolute atomic E-state index is 12.9. The van der Waals surface area contributed by atoms with Crippen molar-refractivity contribution in [1.82, 2.24) is 4.90 Å². The number of likely N-dealkylation sites (tertiary alicyclic amines) is 1. The molecule has 164 valence electrons. The number of hydrogen-bond donors (Lipinski definition) is 0. The van der Waals surface area contributed by atoms with Crippen molar-refractivity contribution in [3.63, 3.8) is 0 Å². The van der Waals surface area contributed by atoms with E-state index in [1.807, 2.05) is 27.7 Å². The first-order chi connectivity index (χ1) is 12.6. The first-order valence-electron chi connectivity index (χ1n) is 10.4. The number of carbonyl (C=O) groups is 2. The largest absolute Gasteiger partial charge is 0.466 e. The van der Waals surface area contributed by atoms with E-state index in [0.29, 0.717) is 39.1 Å². The van der Waals surface area contributed by atoms with Crippen LogP contribution in [0.3, 0.4) is 0 Å². The molecule has 7 heteroatoms. The molecule has 0 bridgehead atoms. The number of esters is 1. The Balaban J connectivity index is 2.92. The summed E-state index contributed by atoms with van der Waals surface area (Å²) in [4.78, 5) is 27.1. The van der Waals surface area contributed by atoms with Gasteiger partial charge in [-0.3, -0.25) is 4.79 Å². The molecule has 0 aromatic carbocycles. The third kappa shape index (κ3) is 6.76. The second kappa shape index (κ2) is 9.16. The molecule has 28 heavy (non-hydrogen) atoms. The predicted molar refractivity (Wildman–Crippen MR) is 114 cm³/mol. The van der Waals surface area contributed by atoms with Gasteiger partial charge in [0, 0.05) is 19.7 Å². The van der Waals surface area contributed by atoms with Crippen LogP contribution in [0.2, 0.25) is 18.1 Å². The van der Waals surface area contributed by atoms with E-state index in [-0.39, 0.29) is 17.1 Å². The second-order valence-corrected chi connectivity index (χ2v) is 15.2. The molecule has 0 spiro atoms. The quantitative estimate of drug-likeness (QED) is 0.452. The Labute approximate surface area is 172 Å². The van der Waals surface area contributed by atoms with Crippen molar-refractivity contribution in [2.45, 2.75) is 91.5 Å². The summed E-state index contributed by atoms with van der Waals surface area (Å²) in [5.41, 5.74) is -1.29. The first kappa shape index (κ1) is 25.0. The van der Waals surface area contributed by atoms with Gasteiger partial charge < -0.3 is 18.8 Å². The van der Waals surface area contributed by atoms with Gasteiger partial charge in [0.2, 0.25) is 0 Å². The topological polar surface area (TPSA) is 65.1 Å². The lowest BCUT2D eigenvalue weighted by Crippen LogP contribution is -2.52. The van der Waals surface area contributed by atoms with Crippen molar-refractivity contribution in [3.05, 3.63) is 0 Å². The van der Waals surface area contributed by atoms with E-state index in [4.69, 9.17) is 13.9 Å². The van der Waals surface area contributed by atoms with Crippen molar-refractivity contribution < 1.29 is 23.5 Å². The summed E-state index contributed by atoms with van der Waals surface area (Å²) in [6, 6.07) is 0. The minimum atomic E-state index is -1.90. The summed E-state index contributed by atoms with van der Waals surface area (Å²) in [6.07, 6.45) is 1.63. The van der Waals surface area contributed by atoms with Crippen molar-refractivity contribution >= 4 is 20.4 Å². The summed E-state index contributed by atoms with van der Waals surface area (Å²) in [5.74, 6) is -0.234.